The molecule has 208 valence electrons. The van der Waals surface area contributed by atoms with Gasteiger partial charge in [-0.15, -0.1) is 11.6 Å². The van der Waals surface area contributed by atoms with Crippen LogP contribution in [0, 0.1) is 0 Å². The number of alkyl halides is 1. The predicted molar refractivity (Wildman–Crippen MR) is 166 cm³/mol. The molecule has 6 nitrogen and oxygen atoms in total. The van der Waals surface area contributed by atoms with Crippen molar-refractivity contribution in [2.24, 2.45) is 9.98 Å². The van der Waals surface area contributed by atoms with Crippen LogP contribution in [0.15, 0.2) is 45.1 Å². The van der Waals surface area contributed by atoms with Crippen molar-refractivity contribution >= 4 is 51.1 Å². The minimum Gasteiger partial charge on any atom is -0.296 e. The van der Waals surface area contributed by atoms with E-state index in [1.165, 1.54) is 5.57 Å². The van der Waals surface area contributed by atoms with Gasteiger partial charge in [0.05, 0.1) is 15.7 Å². The van der Waals surface area contributed by atoms with E-state index in [1.54, 1.807) is 19.3 Å². The van der Waals surface area contributed by atoms with Crippen LogP contribution in [0.3, 0.4) is 0 Å². The number of rotatable bonds is 9. The molecular formula is C30H43ClN4O2S. The molecule has 3 rings (SSSR count). The number of hydrogen-bond acceptors (Lipinski definition) is 5. The molecule has 0 spiro atoms. The summed E-state index contributed by atoms with van der Waals surface area (Å²) in [6.45, 7) is 15.7. The van der Waals surface area contributed by atoms with Crippen LogP contribution >= 0.6 is 11.6 Å². The summed E-state index contributed by atoms with van der Waals surface area (Å²) >= 11 is 7.25. The minimum absolute atomic E-state index is 0.0484. The number of halogens is 1. The van der Waals surface area contributed by atoms with Crippen molar-refractivity contribution in [3.8, 4) is 0 Å². The molecule has 0 amide bonds. The van der Waals surface area contributed by atoms with Gasteiger partial charge in [-0.1, -0.05) is 37.6 Å². The number of aromatic nitrogens is 1. The van der Waals surface area contributed by atoms with E-state index in [-0.39, 0.29) is 17.1 Å². The van der Waals surface area contributed by atoms with E-state index in [4.69, 9.17) is 11.6 Å². The maximum absolute atomic E-state index is 14.2. The number of likely N-dealkylation sites (N-methyl/N-ethyl adjacent to an activating group) is 1. The molecule has 2 aliphatic rings. The van der Waals surface area contributed by atoms with E-state index in [0.717, 1.165) is 49.9 Å². The molecule has 2 aliphatic carbocycles. The molecule has 0 aliphatic heterocycles. The molecule has 0 saturated heterocycles. The van der Waals surface area contributed by atoms with Gasteiger partial charge in [-0.25, -0.2) is 4.99 Å². The zero-order chi connectivity index (χ0) is 28.3. The summed E-state index contributed by atoms with van der Waals surface area (Å²) in [4.78, 5) is 24.7. The van der Waals surface area contributed by atoms with Gasteiger partial charge in [0, 0.05) is 48.3 Å². The van der Waals surface area contributed by atoms with Crippen LogP contribution in [-0.2, 0) is 10.8 Å². The fourth-order valence-electron chi connectivity index (χ4n) is 5.27. The second kappa shape index (κ2) is 12.4. The summed E-state index contributed by atoms with van der Waals surface area (Å²) in [5.41, 5.74) is 3.00. The van der Waals surface area contributed by atoms with E-state index >= 15 is 0 Å². The largest absolute Gasteiger partial charge is 0.296 e. The van der Waals surface area contributed by atoms with Crippen molar-refractivity contribution in [2.75, 3.05) is 26.4 Å². The number of nitrogens with zero attached hydrogens (tertiary/aromatic N) is 4. The highest BCUT2D eigenvalue weighted by Gasteiger charge is 2.39. The Morgan fingerprint density at radius 1 is 1.34 bits per heavy atom. The number of pyridine rings is 1. The number of aliphatic imine (C=N–C) groups is 2. The standard InChI is InChI=1S/C30H43ClN4O2S/c1-9-22-19-25(28(36)35(24-13-11-12-14-24)27(22)33-21(3)38(8)37)26-16-15-23(20-30(26,6)31)29(4,5)34(7)18-17-32-10-2/h9,15-17,19,24H,1,10-14,18,20H2,2-8H3. The summed E-state index contributed by atoms with van der Waals surface area (Å²) in [5, 5.41) is 0.481. The van der Waals surface area contributed by atoms with E-state index in [2.05, 4.69) is 48.4 Å². The molecule has 2 unspecified atom stereocenters. The third kappa shape index (κ3) is 6.37. The van der Waals surface area contributed by atoms with Crippen molar-refractivity contribution in [3.63, 3.8) is 0 Å². The quantitative estimate of drug-likeness (QED) is 0.196. The SMILES string of the molecule is C=Cc1cc(C2=CC=C(C(C)(C)N(C)CC=NCC)CC2(C)Cl)c(=O)n(C2CCCC2)c1N=C(C)S(C)=O. The van der Waals surface area contributed by atoms with E-state index in [9.17, 15) is 9.00 Å². The lowest BCUT2D eigenvalue weighted by molar-refractivity contribution is 0.214. The average Bonchev–Trinajstić information content (AvgIpc) is 3.38. The molecule has 1 heterocycles. The predicted octanol–water partition coefficient (Wildman–Crippen LogP) is 6.55. The van der Waals surface area contributed by atoms with Crippen LogP contribution in [0.2, 0.25) is 0 Å². The molecular weight excluding hydrogens is 516 g/mol. The van der Waals surface area contributed by atoms with Gasteiger partial charge in [0.25, 0.3) is 5.56 Å². The zero-order valence-corrected chi connectivity index (χ0v) is 25.6. The lowest BCUT2D eigenvalue weighted by Crippen LogP contribution is -2.46. The Labute approximate surface area is 235 Å². The van der Waals surface area contributed by atoms with Crippen molar-refractivity contribution < 1.29 is 4.21 Å². The first-order valence-electron chi connectivity index (χ1n) is 13.5. The topological polar surface area (TPSA) is 67.0 Å². The molecule has 1 aromatic heterocycles. The van der Waals surface area contributed by atoms with E-state index in [0.29, 0.717) is 22.8 Å². The molecule has 2 atom stereocenters. The number of hydrogen-bond donors (Lipinski definition) is 0. The van der Waals surface area contributed by atoms with E-state index < -0.39 is 15.7 Å². The Morgan fingerprint density at radius 3 is 2.55 bits per heavy atom. The van der Waals surface area contributed by atoms with Gasteiger partial charge in [-0.3, -0.25) is 23.5 Å². The second-order valence-electron chi connectivity index (χ2n) is 11.0. The van der Waals surface area contributed by atoms with Crippen molar-refractivity contribution in [1.29, 1.82) is 0 Å². The Kier molecular flexibility index (Phi) is 9.93. The van der Waals surface area contributed by atoms with E-state index in [1.807, 2.05) is 36.8 Å². The molecule has 1 aromatic rings. The fourth-order valence-corrected chi connectivity index (χ4v) is 5.79. The molecule has 38 heavy (non-hydrogen) atoms. The Hall–Kier alpha value is -2.09. The Morgan fingerprint density at radius 2 is 2.00 bits per heavy atom. The van der Waals surface area contributed by atoms with Crippen LogP contribution in [0.4, 0.5) is 5.82 Å². The maximum Gasteiger partial charge on any atom is 0.260 e. The minimum atomic E-state index is -1.23. The smallest absolute Gasteiger partial charge is 0.260 e. The van der Waals surface area contributed by atoms with Gasteiger partial charge in [0.2, 0.25) is 0 Å². The highest BCUT2D eigenvalue weighted by molar-refractivity contribution is 7.99. The second-order valence-corrected chi connectivity index (χ2v) is 13.3. The Bertz CT molecular complexity index is 1260. The van der Waals surface area contributed by atoms with Crippen LogP contribution in [0.1, 0.15) is 83.9 Å². The van der Waals surface area contributed by atoms with Crippen LogP contribution in [-0.4, -0.2) is 61.7 Å². The summed E-state index contributed by atoms with van der Waals surface area (Å²) < 4.78 is 13.9. The zero-order valence-electron chi connectivity index (χ0n) is 24.0. The van der Waals surface area contributed by atoms with Gasteiger partial charge < -0.3 is 0 Å². The van der Waals surface area contributed by atoms with Gasteiger partial charge >= 0.3 is 0 Å². The monoisotopic (exact) mass is 558 g/mol. The summed E-state index contributed by atoms with van der Waals surface area (Å²) in [5.74, 6) is 0.536. The molecule has 1 saturated carbocycles. The number of allylic oxidation sites excluding steroid dienone is 3. The van der Waals surface area contributed by atoms with Crippen molar-refractivity contribution in [2.45, 2.75) is 83.2 Å². The molecule has 0 N–H and O–H groups in total. The summed E-state index contributed by atoms with van der Waals surface area (Å²) in [7, 11) is 0.861. The first-order valence-corrected chi connectivity index (χ1v) is 15.4. The van der Waals surface area contributed by atoms with Crippen molar-refractivity contribution in [3.05, 3.63) is 51.9 Å². The first kappa shape index (κ1) is 30.5. The third-order valence-corrected chi connectivity index (χ3v) is 9.32. The molecule has 0 aromatic carbocycles. The fraction of sp³-hybridized carbons (Fsp3) is 0.567. The average molecular weight is 559 g/mol. The van der Waals surface area contributed by atoms with Gasteiger partial charge in [-0.05, 0) is 78.1 Å². The molecule has 0 bridgehead atoms. The molecule has 8 heteroatoms. The van der Waals surface area contributed by atoms with Crippen LogP contribution < -0.4 is 5.56 Å². The Balaban J connectivity index is 2.18. The lowest BCUT2D eigenvalue weighted by Gasteiger charge is -2.42. The maximum atomic E-state index is 14.2. The normalized spacial score (nSPS) is 22.2. The highest BCUT2D eigenvalue weighted by Crippen LogP contribution is 2.45. The summed E-state index contributed by atoms with van der Waals surface area (Å²) in [6, 6.07) is 1.90. The molecule has 1 fully saturated rings. The lowest BCUT2D eigenvalue weighted by atomic mass is 9.77. The highest BCUT2D eigenvalue weighted by atomic mass is 35.5. The van der Waals surface area contributed by atoms with Crippen LogP contribution in [0.5, 0.6) is 0 Å². The summed E-state index contributed by atoms with van der Waals surface area (Å²) in [6.07, 6.45) is 14.0. The van der Waals surface area contributed by atoms with Gasteiger partial charge in [0.1, 0.15) is 10.9 Å². The van der Waals surface area contributed by atoms with Crippen LogP contribution in [0.25, 0.3) is 11.6 Å². The first-order chi connectivity index (χ1) is 17.8. The van der Waals surface area contributed by atoms with Gasteiger partial charge in [-0.2, -0.15) is 0 Å². The van der Waals surface area contributed by atoms with Gasteiger partial charge in [0.15, 0.2) is 0 Å². The third-order valence-electron chi connectivity index (χ3n) is 8.06. The van der Waals surface area contributed by atoms with Crippen molar-refractivity contribution in [1.82, 2.24) is 9.47 Å². The molecule has 0 radical (unpaired) electrons.